The maximum Gasteiger partial charge on any atom is 0.326 e. The number of carbonyl (C=O) groups is 3. The molecule has 20 heavy (non-hydrogen) atoms. The first kappa shape index (κ1) is 16.3. The third kappa shape index (κ3) is 5.46. The lowest BCUT2D eigenvalue weighted by molar-refractivity contribution is -0.140. The van der Waals surface area contributed by atoms with E-state index >= 15 is 0 Å². The molecule has 0 bridgehead atoms. The number of piperidine rings is 1. The highest BCUT2D eigenvalue weighted by Gasteiger charge is 2.25. The van der Waals surface area contributed by atoms with Crippen LogP contribution in [0, 0.1) is 5.92 Å². The largest absolute Gasteiger partial charge is 0.481 e. The van der Waals surface area contributed by atoms with Crippen molar-refractivity contribution in [2.24, 2.45) is 5.92 Å². The molecule has 0 saturated carbocycles. The van der Waals surface area contributed by atoms with E-state index in [2.05, 4.69) is 12.2 Å². The van der Waals surface area contributed by atoms with E-state index in [0.29, 0.717) is 19.0 Å². The summed E-state index contributed by atoms with van der Waals surface area (Å²) in [5.74, 6) is -1.51. The molecule has 1 atom stereocenters. The highest BCUT2D eigenvalue weighted by molar-refractivity contribution is 5.82. The van der Waals surface area contributed by atoms with Crippen LogP contribution < -0.4 is 5.32 Å². The Morgan fingerprint density at radius 1 is 1.25 bits per heavy atom. The van der Waals surface area contributed by atoms with Crippen molar-refractivity contribution in [1.82, 2.24) is 10.2 Å². The topological polar surface area (TPSA) is 107 Å². The van der Waals surface area contributed by atoms with Crippen molar-refractivity contribution in [3.8, 4) is 0 Å². The van der Waals surface area contributed by atoms with Crippen molar-refractivity contribution < 1.29 is 24.6 Å². The van der Waals surface area contributed by atoms with Gasteiger partial charge >= 0.3 is 18.0 Å². The number of urea groups is 1. The molecular weight excluding hydrogens is 264 g/mol. The van der Waals surface area contributed by atoms with Crippen LogP contribution in [0.5, 0.6) is 0 Å². The predicted octanol–water partition coefficient (Wildman–Crippen LogP) is 1.14. The smallest absolute Gasteiger partial charge is 0.326 e. The Balaban J connectivity index is 2.42. The van der Waals surface area contributed by atoms with Gasteiger partial charge in [-0.2, -0.15) is 0 Å². The Morgan fingerprint density at radius 2 is 1.85 bits per heavy atom. The van der Waals surface area contributed by atoms with Crippen molar-refractivity contribution in [3.63, 3.8) is 0 Å². The van der Waals surface area contributed by atoms with Crippen LogP contribution in [0.3, 0.4) is 0 Å². The summed E-state index contributed by atoms with van der Waals surface area (Å²) in [5.41, 5.74) is 0. The molecule has 1 rings (SSSR count). The van der Waals surface area contributed by atoms with E-state index in [1.165, 1.54) is 0 Å². The minimum absolute atomic E-state index is 0.0963. The van der Waals surface area contributed by atoms with Crippen molar-refractivity contribution >= 4 is 18.0 Å². The van der Waals surface area contributed by atoms with E-state index in [-0.39, 0.29) is 25.3 Å². The third-order valence-electron chi connectivity index (χ3n) is 3.55. The number of nitrogens with zero attached hydrogens (tertiary/aromatic N) is 1. The van der Waals surface area contributed by atoms with Gasteiger partial charge in [-0.15, -0.1) is 0 Å². The molecule has 1 saturated heterocycles. The first-order valence-electron chi connectivity index (χ1n) is 6.90. The van der Waals surface area contributed by atoms with Crippen LogP contribution in [0.1, 0.15) is 39.0 Å². The molecular formula is C13H22N2O5. The third-order valence-corrected chi connectivity index (χ3v) is 3.55. The Bertz CT molecular complexity index is 364. The van der Waals surface area contributed by atoms with Gasteiger partial charge in [0.1, 0.15) is 6.04 Å². The Morgan fingerprint density at radius 3 is 2.35 bits per heavy atom. The molecule has 114 valence electrons. The number of carboxylic acid groups (broad SMARTS) is 2. The van der Waals surface area contributed by atoms with E-state index < -0.39 is 18.0 Å². The average molecular weight is 286 g/mol. The number of nitrogens with one attached hydrogen (secondary N) is 1. The summed E-state index contributed by atoms with van der Waals surface area (Å²) in [6.07, 6.45) is 2.09. The summed E-state index contributed by atoms with van der Waals surface area (Å²) in [5, 5.41) is 20.0. The molecule has 7 heteroatoms. The normalized spacial score (nSPS) is 17.6. The lowest BCUT2D eigenvalue weighted by atomic mass is 9.99. The van der Waals surface area contributed by atoms with Gasteiger partial charge in [0, 0.05) is 19.5 Å². The molecule has 7 nitrogen and oxygen atoms in total. The fourth-order valence-electron chi connectivity index (χ4n) is 2.17. The molecule has 0 aromatic carbocycles. The first-order chi connectivity index (χ1) is 9.40. The van der Waals surface area contributed by atoms with Crippen LogP contribution in [0.15, 0.2) is 0 Å². The summed E-state index contributed by atoms with van der Waals surface area (Å²) >= 11 is 0. The zero-order valence-electron chi connectivity index (χ0n) is 11.7. The van der Waals surface area contributed by atoms with E-state index in [0.717, 1.165) is 12.8 Å². The molecule has 0 aliphatic carbocycles. The van der Waals surface area contributed by atoms with Gasteiger partial charge in [-0.3, -0.25) is 4.79 Å². The summed E-state index contributed by atoms with van der Waals surface area (Å²) in [7, 11) is 0. The van der Waals surface area contributed by atoms with Gasteiger partial charge in [0.05, 0.1) is 0 Å². The van der Waals surface area contributed by atoms with E-state index in [9.17, 15) is 14.4 Å². The average Bonchev–Trinajstić information content (AvgIpc) is 2.37. The molecule has 0 aromatic rings. The van der Waals surface area contributed by atoms with Gasteiger partial charge in [-0.05, 0) is 31.6 Å². The monoisotopic (exact) mass is 286 g/mol. The van der Waals surface area contributed by atoms with Crippen LogP contribution >= 0.6 is 0 Å². The van der Waals surface area contributed by atoms with Crippen LogP contribution in [0.4, 0.5) is 4.79 Å². The second-order valence-electron chi connectivity index (χ2n) is 5.30. The van der Waals surface area contributed by atoms with E-state index in [1.54, 1.807) is 4.90 Å². The molecule has 1 aliphatic heterocycles. The minimum atomic E-state index is -1.13. The zero-order valence-corrected chi connectivity index (χ0v) is 11.7. The standard InChI is InChI=1S/C13H22N2O5/c1-9-5-7-15(8-6-9)13(20)14-10(12(18)19)3-2-4-11(16)17/h9-10H,2-8H2,1H3,(H,14,20)(H,16,17)(H,18,19)/t10-/m1/s1. The molecule has 0 radical (unpaired) electrons. The summed E-state index contributed by atoms with van der Waals surface area (Å²) in [4.78, 5) is 35.0. The molecule has 0 spiro atoms. The molecule has 2 amide bonds. The Kier molecular flexibility index (Phi) is 6.27. The van der Waals surface area contributed by atoms with Gasteiger partial charge in [-0.25, -0.2) is 9.59 Å². The van der Waals surface area contributed by atoms with Gasteiger partial charge in [0.25, 0.3) is 0 Å². The van der Waals surface area contributed by atoms with Crippen LogP contribution in [-0.4, -0.2) is 52.2 Å². The molecule has 0 aromatic heterocycles. The van der Waals surface area contributed by atoms with Crippen molar-refractivity contribution in [3.05, 3.63) is 0 Å². The number of carbonyl (C=O) groups excluding carboxylic acids is 1. The van der Waals surface area contributed by atoms with E-state index in [4.69, 9.17) is 10.2 Å². The fraction of sp³-hybridized carbons (Fsp3) is 0.769. The van der Waals surface area contributed by atoms with Crippen molar-refractivity contribution in [2.45, 2.75) is 45.1 Å². The Labute approximate surface area is 117 Å². The minimum Gasteiger partial charge on any atom is -0.481 e. The summed E-state index contributed by atoms with van der Waals surface area (Å²) < 4.78 is 0. The molecule has 0 unspecified atom stereocenters. The van der Waals surface area contributed by atoms with E-state index in [1.807, 2.05) is 0 Å². The van der Waals surface area contributed by atoms with Gasteiger partial charge < -0.3 is 20.4 Å². The van der Waals surface area contributed by atoms with Crippen LogP contribution in [0.2, 0.25) is 0 Å². The first-order valence-corrected chi connectivity index (χ1v) is 6.90. The predicted molar refractivity (Wildman–Crippen MR) is 71.4 cm³/mol. The molecule has 3 N–H and O–H groups in total. The van der Waals surface area contributed by atoms with Crippen molar-refractivity contribution in [1.29, 1.82) is 0 Å². The van der Waals surface area contributed by atoms with Gasteiger partial charge in [-0.1, -0.05) is 6.92 Å². The Hall–Kier alpha value is -1.79. The molecule has 1 aliphatic rings. The number of aliphatic carboxylic acids is 2. The SMILES string of the molecule is CC1CCN(C(=O)N[C@H](CCCC(=O)O)C(=O)O)CC1. The van der Waals surface area contributed by atoms with Gasteiger partial charge in [0.2, 0.25) is 0 Å². The molecule has 1 fully saturated rings. The summed E-state index contributed by atoms with van der Waals surface area (Å²) in [6.45, 7) is 3.39. The number of likely N-dealkylation sites (tertiary alicyclic amines) is 1. The van der Waals surface area contributed by atoms with Crippen molar-refractivity contribution in [2.75, 3.05) is 13.1 Å². The maximum atomic E-state index is 12.0. The number of hydrogen-bond donors (Lipinski definition) is 3. The zero-order chi connectivity index (χ0) is 15.1. The summed E-state index contributed by atoms with van der Waals surface area (Å²) in [6, 6.07) is -1.40. The lowest BCUT2D eigenvalue weighted by Gasteiger charge is -2.31. The maximum absolute atomic E-state index is 12.0. The highest BCUT2D eigenvalue weighted by atomic mass is 16.4. The van der Waals surface area contributed by atoms with Gasteiger partial charge in [0.15, 0.2) is 0 Å². The number of amides is 2. The number of carboxylic acids is 2. The second kappa shape index (κ2) is 7.72. The highest BCUT2D eigenvalue weighted by Crippen LogP contribution is 2.16. The number of hydrogen-bond acceptors (Lipinski definition) is 3. The second-order valence-corrected chi connectivity index (χ2v) is 5.30. The number of rotatable bonds is 6. The fourth-order valence-corrected chi connectivity index (χ4v) is 2.17. The quantitative estimate of drug-likeness (QED) is 0.678. The van der Waals surface area contributed by atoms with Crippen LogP contribution in [0.25, 0.3) is 0 Å². The lowest BCUT2D eigenvalue weighted by Crippen LogP contribution is -2.50. The molecule has 1 heterocycles. The van der Waals surface area contributed by atoms with Crippen LogP contribution in [-0.2, 0) is 9.59 Å².